The number of carbonyl (C=O) groups is 4. The van der Waals surface area contributed by atoms with Gasteiger partial charge in [-0.3, -0.25) is 14.4 Å². The lowest BCUT2D eigenvalue weighted by Crippen LogP contribution is -2.54. The van der Waals surface area contributed by atoms with Gasteiger partial charge in [0.2, 0.25) is 17.7 Å². The molecule has 1 saturated carbocycles. The van der Waals surface area contributed by atoms with E-state index in [2.05, 4.69) is 23.8 Å². The molecule has 1 aliphatic carbocycles. The van der Waals surface area contributed by atoms with E-state index in [1.165, 1.54) is 11.0 Å². The Balaban J connectivity index is 2.47. The molecule has 208 valence electrons. The van der Waals surface area contributed by atoms with E-state index < -0.39 is 35.6 Å². The highest BCUT2D eigenvalue weighted by Gasteiger charge is 2.36. The molecule has 1 fully saturated rings. The normalized spacial score (nSPS) is 15.4. The molecular formula is C29H42N4O5. The first-order chi connectivity index (χ1) is 17.9. The molecule has 0 heterocycles. The van der Waals surface area contributed by atoms with Gasteiger partial charge < -0.3 is 26.0 Å². The van der Waals surface area contributed by atoms with Gasteiger partial charge in [-0.1, -0.05) is 56.2 Å². The number of hydrogen-bond donors (Lipinski definition) is 3. The van der Waals surface area contributed by atoms with Gasteiger partial charge in [-0.25, -0.2) is 4.79 Å². The summed E-state index contributed by atoms with van der Waals surface area (Å²) in [6.07, 6.45) is 7.14. The van der Waals surface area contributed by atoms with Crippen LogP contribution in [0.4, 0.5) is 4.79 Å². The van der Waals surface area contributed by atoms with Crippen molar-refractivity contribution in [3.05, 3.63) is 54.6 Å². The average molecular weight is 527 g/mol. The molecule has 1 aromatic rings. The first kappa shape index (κ1) is 30.6. The Labute approximate surface area is 225 Å². The summed E-state index contributed by atoms with van der Waals surface area (Å²) in [5.74, 6) is -1.49. The molecule has 0 radical (unpaired) electrons. The summed E-state index contributed by atoms with van der Waals surface area (Å²) in [6.45, 7) is 12.7. The van der Waals surface area contributed by atoms with Gasteiger partial charge in [-0.15, -0.1) is 6.58 Å². The third kappa shape index (κ3) is 9.68. The molecule has 4 amide bonds. The van der Waals surface area contributed by atoms with Crippen LogP contribution in [-0.2, 0) is 19.1 Å². The largest absolute Gasteiger partial charge is 0.444 e. The number of alkyl carbamates (subject to hydrolysis) is 1. The zero-order valence-electron chi connectivity index (χ0n) is 22.8. The van der Waals surface area contributed by atoms with Crippen LogP contribution in [0.25, 0.3) is 6.08 Å². The molecule has 9 nitrogen and oxygen atoms in total. The van der Waals surface area contributed by atoms with Gasteiger partial charge in [-0.05, 0) is 57.2 Å². The minimum Gasteiger partial charge on any atom is -0.444 e. The molecular weight excluding hydrogens is 484 g/mol. The Morgan fingerprint density at radius 3 is 2.42 bits per heavy atom. The summed E-state index contributed by atoms with van der Waals surface area (Å²) in [5.41, 5.74) is 5.94. The van der Waals surface area contributed by atoms with Crippen molar-refractivity contribution in [2.24, 2.45) is 5.73 Å². The predicted molar refractivity (Wildman–Crippen MR) is 148 cm³/mol. The number of benzene rings is 1. The number of primary amides is 1. The van der Waals surface area contributed by atoms with E-state index in [1.54, 1.807) is 45.0 Å². The Bertz CT molecular complexity index is 1010. The number of amides is 4. The van der Waals surface area contributed by atoms with Crippen LogP contribution in [0, 0.1) is 0 Å². The van der Waals surface area contributed by atoms with Crippen LogP contribution in [0.15, 0.2) is 43.5 Å². The molecule has 0 spiro atoms. The van der Waals surface area contributed by atoms with Crippen molar-refractivity contribution in [2.45, 2.75) is 89.4 Å². The van der Waals surface area contributed by atoms with Crippen LogP contribution in [0.2, 0.25) is 0 Å². The zero-order valence-corrected chi connectivity index (χ0v) is 22.8. The maximum atomic E-state index is 14.0. The number of ether oxygens (including phenoxy) is 1. The van der Waals surface area contributed by atoms with E-state index in [0.29, 0.717) is 5.56 Å². The number of rotatable bonds is 12. The molecule has 0 aromatic heterocycles. The molecule has 38 heavy (non-hydrogen) atoms. The van der Waals surface area contributed by atoms with E-state index in [4.69, 9.17) is 10.5 Å². The number of hydrogen-bond acceptors (Lipinski definition) is 5. The molecule has 9 heteroatoms. The van der Waals surface area contributed by atoms with Crippen molar-refractivity contribution < 1.29 is 23.9 Å². The molecule has 2 unspecified atom stereocenters. The topological polar surface area (TPSA) is 131 Å². The SMILES string of the molecule is C=CCN(C(=O)C(CCC(N)=O)NC(=O)OC(C)(C)C)C(C(=O)NC1CCCCC1)c1cccc(C=C)c1. The average Bonchev–Trinajstić information content (AvgIpc) is 2.85. The molecule has 4 N–H and O–H groups in total. The summed E-state index contributed by atoms with van der Waals surface area (Å²) >= 11 is 0. The van der Waals surface area contributed by atoms with Crippen LogP contribution in [0.1, 0.15) is 82.9 Å². The van der Waals surface area contributed by atoms with E-state index in [-0.39, 0.29) is 31.3 Å². The monoisotopic (exact) mass is 526 g/mol. The van der Waals surface area contributed by atoms with Crippen LogP contribution in [0.5, 0.6) is 0 Å². The number of nitrogens with one attached hydrogen (secondary N) is 2. The summed E-state index contributed by atoms with van der Waals surface area (Å²) in [4.78, 5) is 53.3. The van der Waals surface area contributed by atoms with Gasteiger partial charge >= 0.3 is 6.09 Å². The van der Waals surface area contributed by atoms with Gasteiger partial charge in [0.05, 0.1) is 0 Å². The van der Waals surface area contributed by atoms with E-state index in [9.17, 15) is 19.2 Å². The van der Waals surface area contributed by atoms with Gasteiger partial charge in [0.1, 0.15) is 17.7 Å². The van der Waals surface area contributed by atoms with Crippen LogP contribution < -0.4 is 16.4 Å². The molecule has 0 saturated heterocycles. The molecule has 2 rings (SSSR count). The molecule has 1 aliphatic rings. The fourth-order valence-electron chi connectivity index (χ4n) is 4.51. The second-order valence-electron chi connectivity index (χ2n) is 10.6. The van der Waals surface area contributed by atoms with E-state index in [0.717, 1.165) is 37.7 Å². The lowest BCUT2D eigenvalue weighted by molar-refractivity contribution is -0.142. The van der Waals surface area contributed by atoms with Crippen molar-refractivity contribution in [1.82, 2.24) is 15.5 Å². The Kier molecular flexibility index (Phi) is 11.6. The first-order valence-corrected chi connectivity index (χ1v) is 13.2. The summed E-state index contributed by atoms with van der Waals surface area (Å²) in [7, 11) is 0. The zero-order chi connectivity index (χ0) is 28.3. The Morgan fingerprint density at radius 1 is 1.16 bits per heavy atom. The standard InChI is InChI=1S/C29H42N4O5/c1-6-18-33(27(36)23(16-17-24(30)34)32-28(37)38-29(3,4)5)25(21-13-11-12-20(7-2)19-21)26(35)31-22-14-9-8-10-15-22/h6-7,11-13,19,22-23,25H,1-2,8-10,14-18H2,3-5H3,(H2,30,34)(H,31,35)(H,32,37). The summed E-state index contributed by atoms with van der Waals surface area (Å²) in [5, 5.41) is 5.71. The van der Waals surface area contributed by atoms with Crippen molar-refractivity contribution in [3.63, 3.8) is 0 Å². The van der Waals surface area contributed by atoms with Crippen molar-refractivity contribution in [1.29, 1.82) is 0 Å². The van der Waals surface area contributed by atoms with Gasteiger partial charge in [-0.2, -0.15) is 0 Å². The molecule has 0 aliphatic heterocycles. The lowest BCUT2D eigenvalue weighted by Gasteiger charge is -2.35. The maximum Gasteiger partial charge on any atom is 0.408 e. The third-order valence-electron chi connectivity index (χ3n) is 6.25. The number of nitrogens with two attached hydrogens (primary N) is 1. The number of carbonyl (C=O) groups excluding carboxylic acids is 4. The second kappa shape index (κ2) is 14.4. The second-order valence-corrected chi connectivity index (χ2v) is 10.6. The molecule has 1 aromatic carbocycles. The minimum absolute atomic E-state index is 0.0209. The van der Waals surface area contributed by atoms with Crippen molar-refractivity contribution >= 4 is 29.9 Å². The number of nitrogens with zero attached hydrogens (tertiary/aromatic N) is 1. The van der Waals surface area contributed by atoms with Gasteiger partial charge in [0.15, 0.2) is 0 Å². The lowest BCUT2D eigenvalue weighted by atomic mass is 9.94. The third-order valence-corrected chi connectivity index (χ3v) is 6.25. The highest BCUT2D eigenvalue weighted by atomic mass is 16.6. The van der Waals surface area contributed by atoms with Crippen molar-refractivity contribution in [3.8, 4) is 0 Å². The highest BCUT2D eigenvalue weighted by molar-refractivity contribution is 5.92. The molecule has 2 atom stereocenters. The Hall–Kier alpha value is -3.62. The van der Waals surface area contributed by atoms with E-state index in [1.807, 2.05) is 6.07 Å². The maximum absolute atomic E-state index is 14.0. The van der Waals surface area contributed by atoms with Crippen molar-refractivity contribution in [2.75, 3.05) is 6.54 Å². The van der Waals surface area contributed by atoms with Gasteiger partial charge in [0.25, 0.3) is 0 Å². The quantitative estimate of drug-likeness (QED) is 0.355. The fraction of sp³-hybridized carbons (Fsp3) is 0.517. The smallest absolute Gasteiger partial charge is 0.408 e. The van der Waals surface area contributed by atoms with Crippen LogP contribution >= 0.6 is 0 Å². The predicted octanol–water partition coefficient (Wildman–Crippen LogP) is 3.99. The highest BCUT2D eigenvalue weighted by Crippen LogP contribution is 2.26. The minimum atomic E-state index is -1.15. The molecule has 0 bridgehead atoms. The fourth-order valence-corrected chi connectivity index (χ4v) is 4.51. The van der Waals surface area contributed by atoms with Crippen LogP contribution in [0.3, 0.4) is 0 Å². The van der Waals surface area contributed by atoms with E-state index >= 15 is 0 Å². The Morgan fingerprint density at radius 2 is 1.84 bits per heavy atom. The van der Waals surface area contributed by atoms with Crippen LogP contribution in [-0.4, -0.2) is 52.9 Å². The summed E-state index contributed by atoms with van der Waals surface area (Å²) < 4.78 is 5.34. The summed E-state index contributed by atoms with van der Waals surface area (Å²) in [6, 6.07) is 5.11. The first-order valence-electron chi connectivity index (χ1n) is 13.2. The van der Waals surface area contributed by atoms with Gasteiger partial charge in [0, 0.05) is 19.0 Å².